The molecule has 8 nitrogen and oxygen atoms in total. The summed E-state index contributed by atoms with van der Waals surface area (Å²) in [5, 5.41) is 13.0. The van der Waals surface area contributed by atoms with Crippen molar-refractivity contribution in [1.82, 2.24) is 4.98 Å². The Bertz CT molecular complexity index is 1150. The van der Waals surface area contributed by atoms with Crippen molar-refractivity contribution < 1.29 is 19.2 Å². The lowest BCUT2D eigenvalue weighted by molar-refractivity contribution is -0.384. The Balaban J connectivity index is 1.63. The third-order valence-corrected chi connectivity index (χ3v) is 5.38. The molecule has 9 heteroatoms. The molecule has 0 saturated heterocycles. The van der Waals surface area contributed by atoms with Gasteiger partial charge in [0.1, 0.15) is 6.61 Å². The van der Waals surface area contributed by atoms with Crippen molar-refractivity contribution in [2.24, 2.45) is 0 Å². The van der Waals surface area contributed by atoms with Gasteiger partial charge in [-0.05, 0) is 35.8 Å². The lowest BCUT2D eigenvalue weighted by Crippen LogP contribution is -2.22. The fourth-order valence-electron chi connectivity index (χ4n) is 2.87. The van der Waals surface area contributed by atoms with Crippen molar-refractivity contribution >= 4 is 45.8 Å². The van der Waals surface area contributed by atoms with Crippen molar-refractivity contribution in [3.8, 4) is 0 Å². The molecule has 32 heavy (non-hydrogen) atoms. The van der Waals surface area contributed by atoms with E-state index in [4.69, 9.17) is 4.74 Å². The van der Waals surface area contributed by atoms with E-state index in [0.717, 1.165) is 6.42 Å². The van der Waals surface area contributed by atoms with E-state index in [-0.39, 0.29) is 18.2 Å². The lowest BCUT2D eigenvalue weighted by Gasteiger charge is -2.18. The van der Waals surface area contributed by atoms with E-state index in [1.165, 1.54) is 59.1 Å². The van der Waals surface area contributed by atoms with Gasteiger partial charge in [0, 0.05) is 30.5 Å². The van der Waals surface area contributed by atoms with Crippen LogP contribution in [-0.4, -0.2) is 21.8 Å². The number of nitrogens with zero attached hydrogens (tertiary/aromatic N) is 3. The van der Waals surface area contributed by atoms with Gasteiger partial charge in [-0.1, -0.05) is 31.2 Å². The maximum atomic E-state index is 12.2. The third kappa shape index (κ3) is 5.86. The number of non-ortho nitro benzene ring substituents is 1. The molecule has 0 bridgehead atoms. The number of nitro groups is 1. The molecule has 0 saturated carbocycles. The molecular weight excluding hydrogens is 430 g/mol. The number of aryl methyl sites for hydroxylation is 1. The summed E-state index contributed by atoms with van der Waals surface area (Å²) in [6, 6.07) is 13.6. The number of amides is 1. The lowest BCUT2D eigenvalue weighted by atomic mass is 10.1. The first-order valence-electron chi connectivity index (χ1n) is 9.80. The van der Waals surface area contributed by atoms with Crippen LogP contribution in [0.4, 0.5) is 16.5 Å². The van der Waals surface area contributed by atoms with Crippen LogP contribution in [0, 0.1) is 10.1 Å². The first-order chi connectivity index (χ1) is 15.4. The first-order valence-corrected chi connectivity index (χ1v) is 10.7. The number of rotatable bonds is 8. The average Bonchev–Trinajstić information content (AvgIpc) is 3.25. The summed E-state index contributed by atoms with van der Waals surface area (Å²) in [5.74, 6) is -0.781. The Morgan fingerprint density at radius 3 is 2.62 bits per heavy atom. The highest BCUT2D eigenvalue weighted by molar-refractivity contribution is 7.14. The number of thiazole rings is 1. The molecule has 0 fully saturated rings. The van der Waals surface area contributed by atoms with Crippen LogP contribution in [0.5, 0.6) is 0 Å². The van der Waals surface area contributed by atoms with Crippen LogP contribution in [-0.2, 0) is 27.4 Å². The minimum atomic E-state index is -0.607. The van der Waals surface area contributed by atoms with Gasteiger partial charge < -0.3 is 4.74 Å². The predicted octanol–water partition coefficient (Wildman–Crippen LogP) is 5.05. The topological polar surface area (TPSA) is 103 Å². The molecule has 1 heterocycles. The Morgan fingerprint density at radius 1 is 1.22 bits per heavy atom. The van der Waals surface area contributed by atoms with E-state index >= 15 is 0 Å². The van der Waals surface area contributed by atoms with E-state index < -0.39 is 10.9 Å². The van der Waals surface area contributed by atoms with Crippen molar-refractivity contribution in [2.75, 3.05) is 4.90 Å². The van der Waals surface area contributed by atoms with E-state index in [9.17, 15) is 19.7 Å². The van der Waals surface area contributed by atoms with Crippen LogP contribution in [0.2, 0.25) is 0 Å². The van der Waals surface area contributed by atoms with Crippen LogP contribution < -0.4 is 4.90 Å². The summed E-state index contributed by atoms with van der Waals surface area (Å²) < 4.78 is 5.20. The zero-order chi connectivity index (χ0) is 23.1. The van der Waals surface area contributed by atoms with Crippen LogP contribution in [0.3, 0.4) is 0 Å². The number of hydrogen-bond acceptors (Lipinski definition) is 7. The minimum Gasteiger partial charge on any atom is -0.456 e. The van der Waals surface area contributed by atoms with E-state index in [1.54, 1.807) is 11.4 Å². The summed E-state index contributed by atoms with van der Waals surface area (Å²) in [7, 11) is 0. The first kappa shape index (κ1) is 22.8. The number of carbonyl (C=O) groups excluding carboxylic acids is 2. The number of carbonyl (C=O) groups is 2. The molecule has 0 radical (unpaired) electrons. The van der Waals surface area contributed by atoms with E-state index in [0.29, 0.717) is 22.1 Å². The fraction of sp³-hybridized carbons (Fsp3) is 0.174. The highest BCUT2D eigenvalue weighted by Crippen LogP contribution is 2.29. The minimum absolute atomic E-state index is 0.0603. The Kier molecular flexibility index (Phi) is 7.45. The molecule has 164 valence electrons. The SMILES string of the molecule is CCc1ccc(N(C(C)=O)c2nc(COC(=O)/C=C\c3cccc([N+](=O)[O-])c3)cs2)cc1. The summed E-state index contributed by atoms with van der Waals surface area (Å²) in [4.78, 5) is 40.5. The zero-order valence-corrected chi connectivity index (χ0v) is 18.4. The second-order valence-corrected chi connectivity index (χ2v) is 7.63. The Labute approximate surface area is 188 Å². The zero-order valence-electron chi connectivity index (χ0n) is 17.6. The number of aromatic nitrogens is 1. The predicted molar refractivity (Wildman–Crippen MR) is 123 cm³/mol. The maximum Gasteiger partial charge on any atom is 0.331 e. The molecular formula is C23H21N3O5S. The molecule has 0 N–H and O–H groups in total. The molecule has 0 unspecified atom stereocenters. The van der Waals surface area contributed by atoms with Crippen molar-refractivity contribution in [2.45, 2.75) is 26.9 Å². The number of ether oxygens (including phenoxy) is 1. The van der Waals surface area contributed by atoms with Crippen LogP contribution >= 0.6 is 11.3 Å². The average molecular weight is 452 g/mol. The highest BCUT2D eigenvalue weighted by atomic mass is 32.1. The maximum absolute atomic E-state index is 12.2. The molecule has 1 aromatic heterocycles. The molecule has 0 aliphatic heterocycles. The van der Waals surface area contributed by atoms with E-state index in [1.807, 2.05) is 24.3 Å². The quantitative estimate of drug-likeness (QED) is 0.205. The standard InChI is InChI=1S/C23H21N3O5S/c1-3-17-7-10-20(11-8-17)25(16(2)27)23-24-19(15-32-23)14-31-22(28)12-9-18-5-4-6-21(13-18)26(29)30/h4-13,15H,3,14H2,1-2H3/b12-9-. The number of anilines is 2. The van der Waals surface area contributed by atoms with Gasteiger partial charge in [0.2, 0.25) is 5.91 Å². The molecule has 0 atom stereocenters. The van der Waals surface area contributed by atoms with Gasteiger partial charge in [-0.15, -0.1) is 11.3 Å². The normalized spacial score (nSPS) is 10.8. The smallest absolute Gasteiger partial charge is 0.331 e. The van der Waals surface area contributed by atoms with Gasteiger partial charge in [-0.25, -0.2) is 9.78 Å². The van der Waals surface area contributed by atoms with Crippen molar-refractivity contribution in [1.29, 1.82) is 0 Å². The van der Waals surface area contributed by atoms with Gasteiger partial charge in [-0.3, -0.25) is 19.8 Å². The molecule has 0 aliphatic carbocycles. The number of hydrogen-bond donors (Lipinski definition) is 0. The molecule has 1 amide bonds. The molecule has 0 aliphatic rings. The van der Waals surface area contributed by atoms with Gasteiger partial charge in [-0.2, -0.15) is 0 Å². The largest absolute Gasteiger partial charge is 0.456 e. The summed E-state index contributed by atoms with van der Waals surface area (Å²) >= 11 is 1.28. The third-order valence-electron chi connectivity index (χ3n) is 4.50. The Hall–Kier alpha value is -3.85. The van der Waals surface area contributed by atoms with Crippen molar-refractivity contribution in [3.05, 3.63) is 86.9 Å². The fourth-order valence-corrected chi connectivity index (χ4v) is 3.74. The Morgan fingerprint density at radius 2 is 1.97 bits per heavy atom. The number of esters is 1. The van der Waals surface area contributed by atoms with Gasteiger partial charge >= 0.3 is 5.97 Å². The van der Waals surface area contributed by atoms with Crippen LogP contribution in [0.15, 0.2) is 60.0 Å². The number of benzene rings is 2. The molecule has 0 spiro atoms. The van der Waals surface area contributed by atoms with Crippen molar-refractivity contribution in [3.63, 3.8) is 0 Å². The summed E-state index contributed by atoms with van der Waals surface area (Å²) in [5.41, 5.74) is 2.85. The summed E-state index contributed by atoms with van der Waals surface area (Å²) in [6.45, 7) is 3.47. The van der Waals surface area contributed by atoms with Gasteiger partial charge in [0.05, 0.1) is 16.3 Å². The van der Waals surface area contributed by atoms with E-state index in [2.05, 4.69) is 11.9 Å². The highest BCUT2D eigenvalue weighted by Gasteiger charge is 2.18. The molecule has 3 aromatic rings. The second kappa shape index (κ2) is 10.5. The van der Waals surface area contributed by atoms with Gasteiger partial charge in [0.25, 0.3) is 5.69 Å². The molecule has 3 rings (SSSR count). The summed E-state index contributed by atoms with van der Waals surface area (Å²) in [6.07, 6.45) is 3.55. The molecule has 2 aromatic carbocycles. The van der Waals surface area contributed by atoms with Crippen LogP contribution in [0.1, 0.15) is 30.7 Å². The monoisotopic (exact) mass is 451 g/mol. The second-order valence-electron chi connectivity index (χ2n) is 6.79. The number of nitro benzene ring substituents is 1. The van der Waals surface area contributed by atoms with Crippen LogP contribution in [0.25, 0.3) is 6.08 Å². The van der Waals surface area contributed by atoms with Gasteiger partial charge in [0.15, 0.2) is 5.13 Å².